The zero-order chi connectivity index (χ0) is 38.0. The average molecular weight is 739 g/mol. The van der Waals surface area contributed by atoms with Crippen molar-refractivity contribution in [1.29, 1.82) is 0 Å². The van der Waals surface area contributed by atoms with Gasteiger partial charge in [0.05, 0.1) is 27.5 Å². The minimum atomic E-state index is -0.489. The highest BCUT2D eigenvalue weighted by Crippen LogP contribution is 2.56. The fraction of sp³-hybridized carbons (Fsp3) is 0.0182. The molecule has 0 bridgehead atoms. The Morgan fingerprint density at radius 3 is 1.64 bits per heavy atom. The Kier molecular flexibility index (Phi) is 6.37. The number of aromatic nitrogens is 2. The van der Waals surface area contributed by atoms with E-state index in [0.717, 1.165) is 44.3 Å². The Morgan fingerprint density at radius 2 is 0.862 bits per heavy atom. The predicted molar refractivity (Wildman–Crippen MR) is 240 cm³/mol. The molecule has 0 saturated heterocycles. The van der Waals surface area contributed by atoms with E-state index in [9.17, 15) is 0 Å². The molecule has 3 aromatic heterocycles. The first kappa shape index (κ1) is 31.6. The molecule has 0 fully saturated rings. The molecule has 58 heavy (non-hydrogen) atoms. The summed E-state index contributed by atoms with van der Waals surface area (Å²) < 4.78 is 11.4. The second kappa shape index (κ2) is 11.7. The molecule has 13 rings (SSSR count). The quantitative estimate of drug-likeness (QED) is 0.176. The third-order valence-electron chi connectivity index (χ3n) is 12.8. The number of para-hydroxylation sites is 3. The number of rotatable bonds is 4. The van der Waals surface area contributed by atoms with Crippen molar-refractivity contribution in [2.24, 2.45) is 0 Å². The van der Waals surface area contributed by atoms with Crippen molar-refractivity contribution in [3.8, 4) is 22.5 Å². The molecule has 0 atom stereocenters. The maximum Gasteiger partial charge on any atom is 0.136 e. The molecule has 12 aromatic rings. The molecule has 0 spiro atoms. The van der Waals surface area contributed by atoms with Crippen molar-refractivity contribution in [2.75, 3.05) is 0 Å². The van der Waals surface area contributed by atoms with Gasteiger partial charge in [-0.1, -0.05) is 146 Å². The maximum absolute atomic E-state index is 6.47. The lowest BCUT2D eigenvalue weighted by atomic mass is 9.67. The van der Waals surface area contributed by atoms with Gasteiger partial charge in [-0.05, 0) is 94.0 Å². The van der Waals surface area contributed by atoms with E-state index in [4.69, 9.17) is 4.42 Å². The fourth-order valence-electron chi connectivity index (χ4n) is 10.4. The van der Waals surface area contributed by atoms with Crippen LogP contribution < -0.4 is 0 Å². The van der Waals surface area contributed by atoms with Crippen LogP contribution in [0.3, 0.4) is 0 Å². The molecule has 1 aliphatic carbocycles. The number of hydrogen-bond donors (Lipinski definition) is 0. The van der Waals surface area contributed by atoms with Gasteiger partial charge in [-0.25, -0.2) is 0 Å². The molecule has 0 aliphatic heterocycles. The van der Waals surface area contributed by atoms with Crippen molar-refractivity contribution in [3.63, 3.8) is 0 Å². The third kappa shape index (κ3) is 4.12. The van der Waals surface area contributed by atoms with Crippen LogP contribution in [0.5, 0.6) is 0 Å². The lowest BCUT2D eigenvalue weighted by Crippen LogP contribution is -2.28. The molecule has 9 aromatic carbocycles. The maximum atomic E-state index is 6.47. The van der Waals surface area contributed by atoms with Gasteiger partial charge in [-0.3, -0.25) is 0 Å². The highest BCUT2D eigenvalue weighted by molar-refractivity contribution is 6.22. The minimum Gasteiger partial charge on any atom is -0.456 e. The van der Waals surface area contributed by atoms with Crippen LogP contribution in [0.4, 0.5) is 0 Å². The average Bonchev–Trinajstić information content (AvgIpc) is 4.00. The Bertz CT molecular complexity index is 3580. The van der Waals surface area contributed by atoms with Crippen LogP contribution in [0.15, 0.2) is 211 Å². The zero-order valence-electron chi connectivity index (χ0n) is 31.4. The molecule has 3 heteroatoms. The molecule has 270 valence electrons. The lowest BCUT2D eigenvalue weighted by molar-refractivity contribution is 0.669. The summed E-state index contributed by atoms with van der Waals surface area (Å²) in [5.41, 5.74) is 16.0. The summed E-state index contributed by atoms with van der Waals surface area (Å²) in [6.45, 7) is 0. The van der Waals surface area contributed by atoms with Gasteiger partial charge in [-0.2, -0.15) is 0 Å². The van der Waals surface area contributed by atoms with Gasteiger partial charge in [0, 0.05) is 43.7 Å². The number of benzene rings is 9. The molecule has 3 nitrogen and oxygen atoms in total. The molecule has 3 heterocycles. The van der Waals surface area contributed by atoms with E-state index in [0.29, 0.717) is 0 Å². The number of hydrogen-bond acceptors (Lipinski definition) is 1. The molecular weight excluding hydrogens is 705 g/mol. The molecule has 0 unspecified atom stereocenters. The van der Waals surface area contributed by atoms with Crippen LogP contribution in [0.2, 0.25) is 0 Å². The van der Waals surface area contributed by atoms with Crippen molar-refractivity contribution in [3.05, 3.63) is 229 Å². The monoisotopic (exact) mass is 738 g/mol. The summed E-state index contributed by atoms with van der Waals surface area (Å²) in [5.74, 6) is 0. The molecule has 0 N–H and O–H groups in total. The molecule has 0 radical (unpaired) electrons. The Balaban J connectivity index is 1.13. The highest BCUT2D eigenvalue weighted by atomic mass is 16.3. The van der Waals surface area contributed by atoms with Crippen LogP contribution >= 0.6 is 0 Å². The van der Waals surface area contributed by atoms with Gasteiger partial charge in [0.2, 0.25) is 0 Å². The number of furan rings is 1. The second-order valence-corrected chi connectivity index (χ2v) is 15.6. The largest absolute Gasteiger partial charge is 0.456 e. The Morgan fingerprint density at radius 1 is 0.310 bits per heavy atom. The van der Waals surface area contributed by atoms with E-state index in [1.165, 1.54) is 66.0 Å². The van der Waals surface area contributed by atoms with Crippen molar-refractivity contribution < 1.29 is 4.42 Å². The van der Waals surface area contributed by atoms with Gasteiger partial charge in [0.15, 0.2) is 0 Å². The standard InChI is InChI=1S/C55H34N2O/c1-3-16-35(17-4-1)55(47-26-11-7-22-39(47)40-23-8-12-27-48(40)55)36-18-15-21-38(30-36)57-49-28-13-9-24-41(49)43-31-44-45-33-54-46(42-25-10-14-29-53(42)58-54)32-50(45)56(52(44)34-51(43)57)37-19-5-2-6-20-37/h1-34H. The molecule has 0 amide bonds. The zero-order valence-corrected chi connectivity index (χ0v) is 31.4. The predicted octanol–water partition coefficient (Wildman–Crippen LogP) is 14.1. The van der Waals surface area contributed by atoms with Crippen LogP contribution in [0.1, 0.15) is 22.3 Å². The first-order valence-electron chi connectivity index (χ1n) is 20.0. The van der Waals surface area contributed by atoms with Crippen LogP contribution in [-0.4, -0.2) is 9.13 Å². The van der Waals surface area contributed by atoms with Crippen molar-refractivity contribution in [1.82, 2.24) is 9.13 Å². The molecule has 0 saturated carbocycles. The van der Waals surface area contributed by atoms with E-state index in [2.05, 4.69) is 209 Å². The van der Waals surface area contributed by atoms with E-state index in [-0.39, 0.29) is 0 Å². The van der Waals surface area contributed by atoms with Crippen molar-refractivity contribution >= 4 is 65.6 Å². The molecular formula is C55H34N2O. The van der Waals surface area contributed by atoms with Gasteiger partial charge < -0.3 is 13.6 Å². The first-order chi connectivity index (χ1) is 28.8. The van der Waals surface area contributed by atoms with Crippen LogP contribution in [0.25, 0.3) is 88.1 Å². The van der Waals surface area contributed by atoms with Gasteiger partial charge in [0.25, 0.3) is 0 Å². The highest BCUT2D eigenvalue weighted by Gasteiger charge is 2.46. The van der Waals surface area contributed by atoms with E-state index in [1.807, 2.05) is 6.07 Å². The topological polar surface area (TPSA) is 23.0 Å². The van der Waals surface area contributed by atoms with Crippen LogP contribution in [0, 0.1) is 0 Å². The summed E-state index contributed by atoms with van der Waals surface area (Å²) in [7, 11) is 0. The van der Waals surface area contributed by atoms with E-state index >= 15 is 0 Å². The fourth-order valence-corrected chi connectivity index (χ4v) is 10.4. The van der Waals surface area contributed by atoms with Crippen LogP contribution in [-0.2, 0) is 5.41 Å². The van der Waals surface area contributed by atoms with Gasteiger partial charge in [0.1, 0.15) is 11.2 Å². The van der Waals surface area contributed by atoms with E-state index in [1.54, 1.807) is 0 Å². The van der Waals surface area contributed by atoms with Gasteiger partial charge >= 0.3 is 0 Å². The summed E-state index contributed by atoms with van der Waals surface area (Å²) in [6, 6.07) is 75.7. The van der Waals surface area contributed by atoms with Crippen molar-refractivity contribution in [2.45, 2.75) is 5.41 Å². The summed E-state index contributed by atoms with van der Waals surface area (Å²) in [6.07, 6.45) is 0. The SMILES string of the molecule is c1ccc(-n2c3cc4c(cc3c3cc5c6ccccc6n(-c6cccc(C7(c8ccccc8)c8ccccc8-c8ccccc87)c6)c5cc32)oc2ccccc24)cc1. The second-order valence-electron chi connectivity index (χ2n) is 15.6. The Labute approximate surface area is 334 Å². The normalized spacial score (nSPS) is 13.3. The lowest BCUT2D eigenvalue weighted by Gasteiger charge is -2.34. The summed E-state index contributed by atoms with van der Waals surface area (Å²) >= 11 is 0. The summed E-state index contributed by atoms with van der Waals surface area (Å²) in [5, 5.41) is 7.08. The van der Waals surface area contributed by atoms with E-state index < -0.39 is 5.41 Å². The first-order valence-corrected chi connectivity index (χ1v) is 20.0. The third-order valence-corrected chi connectivity index (χ3v) is 12.8. The smallest absolute Gasteiger partial charge is 0.136 e. The summed E-state index contributed by atoms with van der Waals surface area (Å²) in [4.78, 5) is 0. The number of fused-ring (bicyclic) bond motifs is 12. The molecule has 1 aliphatic rings. The number of nitrogens with zero attached hydrogens (tertiary/aromatic N) is 2. The van der Waals surface area contributed by atoms with Gasteiger partial charge in [-0.15, -0.1) is 0 Å². The Hall–Kier alpha value is -7.62. The minimum absolute atomic E-state index is 0.489.